The second kappa shape index (κ2) is 4.99. The minimum Gasteiger partial charge on any atom is -0.481 e. The molecule has 1 N–H and O–H groups in total. The van der Waals surface area contributed by atoms with E-state index in [9.17, 15) is 22.8 Å². The Labute approximate surface area is 108 Å². The maximum Gasteiger partial charge on any atom is 0.471 e. The Morgan fingerprint density at radius 2 is 1.58 bits per heavy atom. The van der Waals surface area contributed by atoms with E-state index in [4.69, 9.17) is 5.11 Å². The van der Waals surface area contributed by atoms with Crippen molar-refractivity contribution < 1.29 is 27.9 Å². The molecule has 0 aromatic rings. The van der Waals surface area contributed by atoms with Gasteiger partial charge in [0, 0.05) is 32.2 Å². The molecule has 1 heterocycles. The molecule has 1 saturated heterocycles. The Kier molecular flexibility index (Phi) is 3.71. The first-order valence-electron chi connectivity index (χ1n) is 6.12. The van der Waals surface area contributed by atoms with Crippen LogP contribution in [0.2, 0.25) is 0 Å². The van der Waals surface area contributed by atoms with Crippen LogP contribution in [-0.2, 0) is 9.59 Å². The molecule has 1 saturated carbocycles. The number of carboxylic acid groups (broad SMARTS) is 1. The third kappa shape index (κ3) is 2.99. The average Bonchev–Trinajstić information content (AvgIpc) is 2.25. The number of alkyl halides is 3. The van der Waals surface area contributed by atoms with Gasteiger partial charge in [-0.1, -0.05) is 0 Å². The number of hydrogen-bond acceptors (Lipinski definition) is 3. The van der Waals surface area contributed by atoms with Crippen molar-refractivity contribution in [3.63, 3.8) is 0 Å². The Morgan fingerprint density at radius 1 is 1.05 bits per heavy atom. The molecule has 2 aliphatic rings. The van der Waals surface area contributed by atoms with Crippen LogP contribution in [0.5, 0.6) is 0 Å². The second-order valence-corrected chi connectivity index (χ2v) is 4.99. The first-order chi connectivity index (χ1) is 8.79. The maximum absolute atomic E-state index is 12.2. The van der Waals surface area contributed by atoms with Crippen molar-refractivity contribution in [1.29, 1.82) is 0 Å². The highest BCUT2D eigenvalue weighted by Crippen LogP contribution is 2.32. The van der Waals surface area contributed by atoms with Crippen molar-refractivity contribution in [3.8, 4) is 0 Å². The van der Waals surface area contributed by atoms with Crippen LogP contribution in [0, 0.1) is 5.92 Å². The minimum atomic E-state index is -4.81. The van der Waals surface area contributed by atoms with Crippen molar-refractivity contribution in [2.75, 3.05) is 26.2 Å². The quantitative estimate of drug-likeness (QED) is 0.802. The van der Waals surface area contributed by atoms with Crippen LogP contribution in [0.3, 0.4) is 0 Å². The molecule has 0 aromatic carbocycles. The van der Waals surface area contributed by atoms with E-state index in [0.29, 0.717) is 25.9 Å². The van der Waals surface area contributed by atoms with Gasteiger partial charge in [-0.05, 0) is 12.8 Å². The summed E-state index contributed by atoms with van der Waals surface area (Å²) in [4.78, 5) is 24.5. The van der Waals surface area contributed by atoms with Gasteiger partial charge in [-0.15, -0.1) is 0 Å². The summed E-state index contributed by atoms with van der Waals surface area (Å²) in [6, 6.07) is 0.129. The van der Waals surface area contributed by atoms with Gasteiger partial charge in [-0.25, -0.2) is 0 Å². The lowest BCUT2D eigenvalue weighted by molar-refractivity contribution is -0.187. The van der Waals surface area contributed by atoms with Gasteiger partial charge in [0.05, 0.1) is 5.92 Å². The molecule has 1 amide bonds. The highest BCUT2D eigenvalue weighted by molar-refractivity contribution is 5.82. The number of piperazine rings is 1. The van der Waals surface area contributed by atoms with Gasteiger partial charge < -0.3 is 10.0 Å². The second-order valence-electron chi connectivity index (χ2n) is 4.99. The number of amides is 1. The first-order valence-corrected chi connectivity index (χ1v) is 6.12. The molecule has 1 aliphatic heterocycles. The van der Waals surface area contributed by atoms with Crippen molar-refractivity contribution in [2.24, 2.45) is 5.92 Å². The smallest absolute Gasteiger partial charge is 0.471 e. The fourth-order valence-electron chi connectivity index (χ4n) is 2.56. The Bertz CT molecular complexity index is 372. The monoisotopic (exact) mass is 280 g/mol. The zero-order valence-corrected chi connectivity index (χ0v) is 10.2. The predicted molar refractivity (Wildman–Crippen MR) is 58.4 cm³/mol. The van der Waals surface area contributed by atoms with Crippen LogP contribution >= 0.6 is 0 Å². The largest absolute Gasteiger partial charge is 0.481 e. The van der Waals surface area contributed by atoms with Gasteiger partial charge in [0.2, 0.25) is 0 Å². The highest BCUT2D eigenvalue weighted by Gasteiger charge is 2.44. The summed E-state index contributed by atoms with van der Waals surface area (Å²) in [5.74, 6) is -2.94. The van der Waals surface area contributed by atoms with Gasteiger partial charge in [-0.3, -0.25) is 14.5 Å². The number of carbonyl (C=O) groups excluding carboxylic acids is 1. The van der Waals surface area contributed by atoms with E-state index in [2.05, 4.69) is 0 Å². The zero-order valence-electron chi connectivity index (χ0n) is 10.2. The van der Waals surface area contributed by atoms with Crippen LogP contribution in [0.1, 0.15) is 12.8 Å². The predicted octanol–water partition coefficient (Wildman–Crippen LogP) is 0.556. The van der Waals surface area contributed by atoms with E-state index < -0.39 is 18.1 Å². The number of aliphatic carboxylic acids is 1. The number of carboxylic acids is 1. The van der Waals surface area contributed by atoms with Gasteiger partial charge in [-0.2, -0.15) is 13.2 Å². The number of halogens is 3. The third-order valence-electron chi connectivity index (χ3n) is 3.82. The van der Waals surface area contributed by atoms with E-state index in [0.717, 1.165) is 4.90 Å². The average molecular weight is 280 g/mol. The topological polar surface area (TPSA) is 60.9 Å². The summed E-state index contributed by atoms with van der Waals surface area (Å²) in [6.45, 7) is 0.844. The minimum absolute atomic E-state index is 0.0482. The molecule has 0 unspecified atom stereocenters. The fraction of sp³-hybridized carbons (Fsp3) is 0.818. The van der Waals surface area contributed by atoms with E-state index >= 15 is 0 Å². The summed E-state index contributed by atoms with van der Waals surface area (Å²) >= 11 is 0. The Balaban J connectivity index is 1.78. The fourth-order valence-corrected chi connectivity index (χ4v) is 2.56. The molecular weight excluding hydrogens is 265 g/mol. The molecule has 0 radical (unpaired) electrons. The SMILES string of the molecule is O=C(O)C1CC(N2CCN(C(=O)C(F)(F)F)CC2)C1. The lowest BCUT2D eigenvalue weighted by Crippen LogP contribution is -2.57. The Hall–Kier alpha value is -1.31. The number of nitrogens with zero attached hydrogens (tertiary/aromatic N) is 2. The molecule has 0 aromatic heterocycles. The van der Waals surface area contributed by atoms with Crippen LogP contribution in [0.4, 0.5) is 13.2 Å². The third-order valence-corrected chi connectivity index (χ3v) is 3.82. The van der Waals surface area contributed by atoms with Gasteiger partial charge in [0.1, 0.15) is 0 Å². The summed E-state index contributed by atoms with van der Waals surface area (Å²) in [5.41, 5.74) is 0. The van der Waals surface area contributed by atoms with E-state index in [-0.39, 0.29) is 25.0 Å². The van der Waals surface area contributed by atoms with Crippen LogP contribution < -0.4 is 0 Å². The molecule has 8 heteroatoms. The number of rotatable bonds is 2. The van der Waals surface area contributed by atoms with Crippen LogP contribution in [-0.4, -0.2) is 65.2 Å². The summed E-state index contributed by atoms with van der Waals surface area (Å²) in [7, 11) is 0. The number of hydrogen-bond donors (Lipinski definition) is 1. The van der Waals surface area contributed by atoms with Gasteiger partial charge in [0.15, 0.2) is 0 Å². The van der Waals surface area contributed by atoms with Gasteiger partial charge in [0.25, 0.3) is 0 Å². The van der Waals surface area contributed by atoms with Crippen molar-refractivity contribution >= 4 is 11.9 Å². The molecule has 1 aliphatic carbocycles. The summed E-state index contributed by atoms with van der Waals surface area (Å²) < 4.78 is 36.7. The van der Waals surface area contributed by atoms with Crippen molar-refractivity contribution in [1.82, 2.24) is 9.80 Å². The lowest BCUT2D eigenvalue weighted by Gasteiger charge is -2.45. The van der Waals surface area contributed by atoms with Crippen LogP contribution in [0.25, 0.3) is 0 Å². The molecule has 0 spiro atoms. The molecule has 5 nitrogen and oxygen atoms in total. The maximum atomic E-state index is 12.2. The normalized spacial score (nSPS) is 28.9. The summed E-state index contributed by atoms with van der Waals surface area (Å²) in [6.07, 6.45) is -3.72. The zero-order chi connectivity index (χ0) is 14.2. The summed E-state index contributed by atoms with van der Waals surface area (Å²) in [5, 5.41) is 8.76. The van der Waals surface area contributed by atoms with Crippen molar-refractivity contribution in [2.45, 2.75) is 25.1 Å². The highest BCUT2D eigenvalue weighted by atomic mass is 19.4. The van der Waals surface area contributed by atoms with Crippen LogP contribution in [0.15, 0.2) is 0 Å². The first kappa shape index (κ1) is 14.1. The van der Waals surface area contributed by atoms with E-state index in [1.165, 1.54) is 0 Å². The molecule has 19 heavy (non-hydrogen) atoms. The molecule has 0 atom stereocenters. The van der Waals surface area contributed by atoms with Crippen molar-refractivity contribution in [3.05, 3.63) is 0 Å². The van der Waals surface area contributed by atoms with E-state index in [1.54, 1.807) is 0 Å². The Morgan fingerprint density at radius 3 is 2.00 bits per heavy atom. The number of carbonyl (C=O) groups is 2. The molecule has 2 fully saturated rings. The molecular formula is C11H15F3N2O3. The van der Waals surface area contributed by atoms with Gasteiger partial charge >= 0.3 is 18.1 Å². The lowest BCUT2D eigenvalue weighted by atomic mass is 9.79. The standard InChI is InChI=1S/C11H15F3N2O3/c12-11(13,14)10(19)16-3-1-15(2-4-16)8-5-7(6-8)9(17)18/h7-8H,1-6H2,(H,17,18). The molecule has 108 valence electrons. The van der Waals surface area contributed by atoms with E-state index in [1.807, 2.05) is 4.90 Å². The molecule has 2 rings (SSSR count). The molecule has 0 bridgehead atoms.